The van der Waals surface area contributed by atoms with Gasteiger partial charge >= 0.3 is 0 Å². The molecule has 6 nitrogen and oxygen atoms in total. The fourth-order valence-corrected chi connectivity index (χ4v) is 5.83. The SMILES string of the molecule is CCC(C)C(N)C(=O)NCCc1ccc(S(=O)(=O)N2CCCCC2)s1. The first kappa shape index (κ1) is 20.4. The first-order chi connectivity index (χ1) is 11.9. The molecule has 1 aromatic heterocycles. The van der Waals surface area contributed by atoms with Gasteiger partial charge in [-0.3, -0.25) is 4.79 Å². The quantitative estimate of drug-likeness (QED) is 0.713. The van der Waals surface area contributed by atoms with Gasteiger partial charge in [0.15, 0.2) is 0 Å². The average Bonchev–Trinajstić information content (AvgIpc) is 3.10. The van der Waals surface area contributed by atoms with E-state index in [0.717, 1.165) is 30.6 Å². The molecule has 3 N–H and O–H groups in total. The zero-order valence-electron chi connectivity index (χ0n) is 15.0. The third-order valence-electron chi connectivity index (χ3n) is 4.78. The Kier molecular flexibility index (Phi) is 7.42. The van der Waals surface area contributed by atoms with Crippen molar-refractivity contribution in [2.45, 2.75) is 56.2 Å². The van der Waals surface area contributed by atoms with Crippen LogP contribution in [0, 0.1) is 5.92 Å². The molecule has 2 heterocycles. The van der Waals surface area contributed by atoms with Gasteiger partial charge in [-0.15, -0.1) is 11.3 Å². The molecule has 1 aromatic rings. The van der Waals surface area contributed by atoms with Crippen LogP contribution in [0.15, 0.2) is 16.3 Å². The summed E-state index contributed by atoms with van der Waals surface area (Å²) in [4.78, 5) is 12.9. The highest BCUT2D eigenvalue weighted by atomic mass is 32.2. The van der Waals surface area contributed by atoms with E-state index < -0.39 is 16.1 Å². The molecule has 142 valence electrons. The Balaban J connectivity index is 1.88. The van der Waals surface area contributed by atoms with Crippen molar-refractivity contribution in [1.82, 2.24) is 9.62 Å². The van der Waals surface area contributed by atoms with Crippen LogP contribution in [0.1, 0.15) is 44.4 Å². The van der Waals surface area contributed by atoms with Crippen LogP contribution in [0.2, 0.25) is 0 Å². The van der Waals surface area contributed by atoms with Crippen LogP contribution >= 0.6 is 11.3 Å². The maximum Gasteiger partial charge on any atom is 0.252 e. The van der Waals surface area contributed by atoms with E-state index in [1.807, 2.05) is 19.9 Å². The molecule has 2 unspecified atom stereocenters. The molecule has 8 heteroatoms. The zero-order valence-corrected chi connectivity index (χ0v) is 16.7. The fraction of sp³-hybridized carbons (Fsp3) is 0.706. The van der Waals surface area contributed by atoms with Gasteiger partial charge in [0.1, 0.15) is 4.21 Å². The Labute approximate surface area is 154 Å². The van der Waals surface area contributed by atoms with Crippen LogP contribution in [-0.2, 0) is 21.2 Å². The van der Waals surface area contributed by atoms with E-state index in [1.165, 1.54) is 11.3 Å². The number of thiophene rings is 1. The van der Waals surface area contributed by atoms with Gasteiger partial charge in [0.2, 0.25) is 5.91 Å². The van der Waals surface area contributed by atoms with Gasteiger partial charge in [-0.25, -0.2) is 8.42 Å². The summed E-state index contributed by atoms with van der Waals surface area (Å²) >= 11 is 1.29. The number of nitrogens with two attached hydrogens (primary N) is 1. The molecule has 2 rings (SSSR count). The van der Waals surface area contributed by atoms with Crippen molar-refractivity contribution in [1.29, 1.82) is 0 Å². The predicted molar refractivity (Wildman–Crippen MR) is 101 cm³/mol. The minimum atomic E-state index is -3.37. The second-order valence-electron chi connectivity index (χ2n) is 6.64. The zero-order chi connectivity index (χ0) is 18.4. The van der Waals surface area contributed by atoms with Crippen molar-refractivity contribution in [2.75, 3.05) is 19.6 Å². The third kappa shape index (κ3) is 5.26. The number of sulfonamides is 1. The molecule has 0 aromatic carbocycles. The topological polar surface area (TPSA) is 92.5 Å². The predicted octanol–water partition coefficient (Wildman–Crippen LogP) is 1.95. The number of carbonyl (C=O) groups excluding carboxylic acids is 1. The summed E-state index contributed by atoms with van der Waals surface area (Å²) in [5.41, 5.74) is 5.90. The van der Waals surface area contributed by atoms with E-state index in [1.54, 1.807) is 10.4 Å². The van der Waals surface area contributed by atoms with E-state index >= 15 is 0 Å². The minimum Gasteiger partial charge on any atom is -0.354 e. The summed E-state index contributed by atoms with van der Waals surface area (Å²) in [6, 6.07) is 3.02. The van der Waals surface area contributed by atoms with Crippen molar-refractivity contribution < 1.29 is 13.2 Å². The largest absolute Gasteiger partial charge is 0.354 e. The van der Waals surface area contributed by atoms with E-state index in [4.69, 9.17) is 5.73 Å². The van der Waals surface area contributed by atoms with Crippen LogP contribution in [0.5, 0.6) is 0 Å². The number of carbonyl (C=O) groups is 1. The summed E-state index contributed by atoms with van der Waals surface area (Å²) in [6.07, 6.45) is 4.43. The Morgan fingerprint density at radius 3 is 2.64 bits per heavy atom. The number of piperidine rings is 1. The summed E-state index contributed by atoms with van der Waals surface area (Å²) in [7, 11) is -3.37. The van der Waals surface area contributed by atoms with E-state index in [0.29, 0.717) is 30.3 Å². The van der Waals surface area contributed by atoms with Crippen molar-refractivity contribution in [3.8, 4) is 0 Å². The number of hydrogen-bond donors (Lipinski definition) is 2. The lowest BCUT2D eigenvalue weighted by Crippen LogP contribution is -2.45. The van der Waals surface area contributed by atoms with E-state index in [9.17, 15) is 13.2 Å². The Hall–Kier alpha value is -0.960. The normalized spacial score (nSPS) is 18.7. The third-order valence-corrected chi connectivity index (χ3v) is 8.29. The summed E-state index contributed by atoms with van der Waals surface area (Å²) < 4.78 is 27.2. The summed E-state index contributed by atoms with van der Waals surface area (Å²) in [5.74, 6) is -0.00454. The van der Waals surface area contributed by atoms with Crippen molar-refractivity contribution in [3.05, 3.63) is 17.0 Å². The second kappa shape index (κ2) is 9.12. The van der Waals surface area contributed by atoms with Crippen molar-refractivity contribution >= 4 is 27.3 Å². The molecule has 0 saturated carbocycles. The summed E-state index contributed by atoms with van der Waals surface area (Å²) in [6.45, 7) is 5.65. The molecule has 0 bridgehead atoms. The molecule has 1 aliphatic heterocycles. The second-order valence-corrected chi connectivity index (χ2v) is 9.97. The summed E-state index contributed by atoms with van der Waals surface area (Å²) in [5, 5.41) is 2.84. The molecule has 2 atom stereocenters. The van der Waals surface area contributed by atoms with Gasteiger partial charge in [0, 0.05) is 24.5 Å². The molecule has 25 heavy (non-hydrogen) atoms. The lowest BCUT2D eigenvalue weighted by atomic mass is 9.99. The number of hydrogen-bond acceptors (Lipinski definition) is 5. The highest BCUT2D eigenvalue weighted by molar-refractivity contribution is 7.91. The molecule has 0 radical (unpaired) electrons. The van der Waals surface area contributed by atoms with Gasteiger partial charge in [-0.05, 0) is 37.3 Å². The number of rotatable bonds is 8. The molecule has 0 spiro atoms. The first-order valence-electron chi connectivity index (χ1n) is 8.98. The molecular formula is C17H29N3O3S2. The standard InChI is InChI=1S/C17H29N3O3S2/c1-3-13(2)16(18)17(21)19-10-9-14-7-8-15(24-14)25(22,23)20-11-5-4-6-12-20/h7-8,13,16H,3-6,9-12,18H2,1-2H3,(H,19,21). The Bertz CT molecular complexity index is 666. The number of amides is 1. The maximum atomic E-state index is 12.6. The van der Waals surface area contributed by atoms with Crippen LogP contribution in [0.25, 0.3) is 0 Å². The Morgan fingerprint density at radius 1 is 1.32 bits per heavy atom. The lowest BCUT2D eigenvalue weighted by molar-refractivity contribution is -0.123. The van der Waals surface area contributed by atoms with E-state index in [-0.39, 0.29) is 11.8 Å². The first-order valence-corrected chi connectivity index (χ1v) is 11.2. The van der Waals surface area contributed by atoms with Crippen molar-refractivity contribution in [3.63, 3.8) is 0 Å². The number of nitrogens with one attached hydrogen (secondary N) is 1. The van der Waals surface area contributed by atoms with E-state index in [2.05, 4.69) is 5.32 Å². The minimum absolute atomic E-state index is 0.142. The van der Waals surface area contributed by atoms with Crippen LogP contribution < -0.4 is 11.1 Å². The van der Waals surface area contributed by atoms with Gasteiger partial charge < -0.3 is 11.1 Å². The lowest BCUT2D eigenvalue weighted by Gasteiger charge is -2.25. The molecule has 0 aliphatic carbocycles. The van der Waals surface area contributed by atoms with Gasteiger partial charge in [-0.2, -0.15) is 4.31 Å². The molecule has 1 amide bonds. The smallest absolute Gasteiger partial charge is 0.252 e. The van der Waals surface area contributed by atoms with Crippen LogP contribution in [0.3, 0.4) is 0 Å². The van der Waals surface area contributed by atoms with Crippen LogP contribution in [-0.4, -0.2) is 44.3 Å². The van der Waals surface area contributed by atoms with Crippen molar-refractivity contribution in [2.24, 2.45) is 11.7 Å². The highest BCUT2D eigenvalue weighted by Crippen LogP contribution is 2.27. The molecule has 1 saturated heterocycles. The average molecular weight is 388 g/mol. The van der Waals surface area contributed by atoms with Gasteiger partial charge in [-0.1, -0.05) is 26.7 Å². The molecule has 1 fully saturated rings. The molecule has 1 aliphatic rings. The Morgan fingerprint density at radius 2 is 2.00 bits per heavy atom. The fourth-order valence-electron chi connectivity index (χ4n) is 2.80. The molecular weight excluding hydrogens is 358 g/mol. The highest BCUT2D eigenvalue weighted by Gasteiger charge is 2.27. The van der Waals surface area contributed by atoms with Gasteiger partial charge in [0.05, 0.1) is 6.04 Å². The van der Waals surface area contributed by atoms with Gasteiger partial charge in [0.25, 0.3) is 10.0 Å². The number of nitrogens with zero attached hydrogens (tertiary/aromatic N) is 1. The monoisotopic (exact) mass is 387 g/mol. The maximum absolute atomic E-state index is 12.6. The van der Waals surface area contributed by atoms with Crippen LogP contribution in [0.4, 0.5) is 0 Å².